The van der Waals surface area contributed by atoms with Crippen molar-refractivity contribution in [3.8, 4) is 0 Å². The summed E-state index contributed by atoms with van der Waals surface area (Å²) >= 11 is 5.99. The van der Waals surface area contributed by atoms with E-state index in [1.807, 2.05) is 12.3 Å². The quantitative estimate of drug-likeness (QED) is 0.483. The molecule has 3 aromatic rings. The molecular formula is C21H18ClF3N4OS. The van der Waals surface area contributed by atoms with Crippen LogP contribution in [0, 0.1) is 6.92 Å². The third-order valence-corrected chi connectivity index (χ3v) is 9.08. The Morgan fingerprint density at radius 3 is 2.42 bits per heavy atom. The van der Waals surface area contributed by atoms with Gasteiger partial charge in [0.05, 0.1) is 21.4 Å². The van der Waals surface area contributed by atoms with E-state index in [-0.39, 0.29) is 11.6 Å². The van der Waals surface area contributed by atoms with Gasteiger partial charge < -0.3 is 5.32 Å². The summed E-state index contributed by atoms with van der Waals surface area (Å²) in [4.78, 5) is 17.8. The van der Waals surface area contributed by atoms with Gasteiger partial charge in [-0.25, -0.2) is 9.08 Å². The minimum atomic E-state index is -4.67. The molecule has 0 radical (unpaired) electrons. The molecule has 10 heteroatoms. The predicted octanol–water partition coefficient (Wildman–Crippen LogP) is 6.44. The molecule has 1 amide bonds. The van der Waals surface area contributed by atoms with Crippen molar-refractivity contribution < 1.29 is 18.0 Å². The van der Waals surface area contributed by atoms with E-state index < -0.39 is 27.1 Å². The number of alkyl halides is 3. The molecule has 4 rings (SSSR count). The number of halogens is 4. The van der Waals surface area contributed by atoms with Gasteiger partial charge in [-0.05, 0) is 50.4 Å². The number of fused-ring (bicyclic) bond motifs is 1. The van der Waals surface area contributed by atoms with Crippen molar-refractivity contribution in [1.29, 1.82) is 0 Å². The molecular weight excluding hydrogens is 449 g/mol. The van der Waals surface area contributed by atoms with Crippen LogP contribution in [0.4, 0.5) is 24.5 Å². The van der Waals surface area contributed by atoms with Crippen molar-refractivity contribution in [2.75, 3.05) is 11.6 Å². The van der Waals surface area contributed by atoms with Gasteiger partial charge in [-0.3, -0.25) is 4.79 Å². The SMILES string of the molecule is CC1=Nc2ccc(NC(=O)c3ccccc3)cc2S1(C)n1nc(C(F)(F)F)c(Cl)c1C. The zero-order valence-corrected chi connectivity index (χ0v) is 18.4. The molecule has 162 valence electrons. The van der Waals surface area contributed by atoms with E-state index in [0.717, 1.165) is 0 Å². The summed E-state index contributed by atoms with van der Waals surface area (Å²) in [7, 11) is -2.22. The lowest BCUT2D eigenvalue weighted by atomic mass is 10.2. The second-order valence-corrected chi connectivity index (χ2v) is 10.6. The summed E-state index contributed by atoms with van der Waals surface area (Å²) in [5.74, 6) is -0.287. The lowest BCUT2D eigenvalue weighted by Crippen LogP contribution is -2.18. The highest BCUT2D eigenvalue weighted by Crippen LogP contribution is 2.64. The van der Waals surface area contributed by atoms with Crippen LogP contribution in [-0.2, 0) is 6.18 Å². The van der Waals surface area contributed by atoms with Gasteiger partial charge in [-0.2, -0.15) is 18.3 Å². The van der Waals surface area contributed by atoms with Gasteiger partial charge in [0.15, 0.2) is 5.69 Å². The average Bonchev–Trinajstić information content (AvgIpc) is 3.17. The van der Waals surface area contributed by atoms with Crippen LogP contribution in [0.3, 0.4) is 0 Å². The second-order valence-electron chi connectivity index (χ2n) is 7.13. The summed E-state index contributed by atoms with van der Waals surface area (Å²) in [6.07, 6.45) is -2.85. The number of rotatable bonds is 3. The van der Waals surface area contributed by atoms with Gasteiger partial charge in [0, 0.05) is 16.1 Å². The van der Waals surface area contributed by atoms with Crippen molar-refractivity contribution in [1.82, 2.24) is 9.19 Å². The highest BCUT2D eigenvalue weighted by atomic mass is 35.5. The molecule has 5 nitrogen and oxygen atoms in total. The molecule has 0 saturated heterocycles. The fourth-order valence-electron chi connectivity index (χ4n) is 3.43. The van der Waals surface area contributed by atoms with E-state index in [1.54, 1.807) is 49.4 Å². The Balaban J connectivity index is 1.77. The summed E-state index contributed by atoms with van der Waals surface area (Å²) in [6, 6.07) is 13.9. The van der Waals surface area contributed by atoms with Crippen molar-refractivity contribution in [3.63, 3.8) is 0 Å². The number of nitrogens with one attached hydrogen (secondary N) is 1. The predicted molar refractivity (Wildman–Crippen MR) is 118 cm³/mol. The highest BCUT2D eigenvalue weighted by Gasteiger charge is 2.43. The van der Waals surface area contributed by atoms with E-state index in [4.69, 9.17) is 11.6 Å². The first kappa shape index (κ1) is 21.5. The lowest BCUT2D eigenvalue weighted by Gasteiger charge is -2.34. The van der Waals surface area contributed by atoms with Crippen molar-refractivity contribution >= 4 is 44.1 Å². The third-order valence-electron chi connectivity index (χ3n) is 5.15. The number of carbonyl (C=O) groups is 1. The molecule has 1 atom stereocenters. The summed E-state index contributed by atoms with van der Waals surface area (Å²) < 4.78 is 41.5. The van der Waals surface area contributed by atoms with Crippen LogP contribution in [0.5, 0.6) is 0 Å². The number of amides is 1. The maximum absolute atomic E-state index is 13.4. The maximum Gasteiger partial charge on any atom is 0.436 e. The molecule has 1 unspecified atom stereocenters. The van der Waals surface area contributed by atoms with E-state index in [9.17, 15) is 18.0 Å². The lowest BCUT2D eigenvalue weighted by molar-refractivity contribution is -0.141. The zero-order chi connectivity index (χ0) is 22.6. The summed E-state index contributed by atoms with van der Waals surface area (Å²) in [5, 5.41) is 6.91. The number of nitrogens with zero attached hydrogens (tertiary/aromatic N) is 3. The fraction of sp³-hybridized carbons (Fsp3) is 0.190. The van der Waals surface area contributed by atoms with Crippen LogP contribution >= 0.6 is 21.8 Å². The number of benzene rings is 2. The molecule has 1 aliphatic heterocycles. The molecule has 0 aliphatic carbocycles. The Hall–Kier alpha value is -2.78. The molecule has 2 aromatic carbocycles. The topological polar surface area (TPSA) is 59.3 Å². The summed E-state index contributed by atoms with van der Waals surface area (Å²) in [5.41, 5.74) is 0.744. The van der Waals surface area contributed by atoms with Crippen molar-refractivity contribution in [3.05, 3.63) is 70.5 Å². The minimum absolute atomic E-state index is 0.215. The normalized spacial score (nSPS) is 20.0. The second kappa shape index (κ2) is 7.42. The molecule has 0 fully saturated rings. The molecule has 1 aromatic heterocycles. The van der Waals surface area contributed by atoms with Gasteiger partial charge >= 0.3 is 6.18 Å². The van der Waals surface area contributed by atoms with Gasteiger partial charge in [0.2, 0.25) is 0 Å². The maximum atomic E-state index is 13.4. The first-order chi connectivity index (χ1) is 14.5. The van der Waals surface area contributed by atoms with Crippen LogP contribution in [0.1, 0.15) is 28.7 Å². The third kappa shape index (κ3) is 3.51. The van der Waals surface area contributed by atoms with Crippen molar-refractivity contribution in [2.24, 2.45) is 4.99 Å². The highest BCUT2D eigenvalue weighted by molar-refractivity contribution is 8.44. The number of anilines is 1. The average molecular weight is 467 g/mol. The Morgan fingerprint density at radius 2 is 1.81 bits per heavy atom. The summed E-state index contributed by atoms with van der Waals surface area (Å²) in [6.45, 7) is 3.27. The number of aliphatic imine (C=N–C) groups is 1. The number of aromatic nitrogens is 2. The Labute approximate surface area is 183 Å². The number of hydrogen-bond acceptors (Lipinski definition) is 3. The first-order valence-electron chi connectivity index (χ1n) is 9.20. The molecule has 0 spiro atoms. The smallest absolute Gasteiger partial charge is 0.322 e. The largest absolute Gasteiger partial charge is 0.436 e. The van der Waals surface area contributed by atoms with Gasteiger partial charge in [0.25, 0.3) is 5.91 Å². The molecule has 0 saturated carbocycles. The van der Waals surface area contributed by atoms with E-state index in [1.165, 1.54) is 11.0 Å². The Kier molecular flexibility index (Phi) is 5.13. The Morgan fingerprint density at radius 1 is 1.13 bits per heavy atom. The van der Waals surface area contributed by atoms with Gasteiger partial charge in [-0.1, -0.05) is 40.0 Å². The van der Waals surface area contributed by atoms with Gasteiger partial charge in [-0.15, -0.1) is 0 Å². The monoisotopic (exact) mass is 466 g/mol. The van der Waals surface area contributed by atoms with E-state index >= 15 is 0 Å². The zero-order valence-electron chi connectivity index (χ0n) is 16.8. The van der Waals surface area contributed by atoms with Crippen LogP contribution in [0.25, 0.3) is 0 Å². The standard InChI is InChI=1S/C21H18ClF3N4OS/c1-12-18(22)19(21(23,24)25)28-29(12)31(3)13(2)26-16-10-9-15(11-17(16)31)27-20(30)14-7-5-4-6-8-14/h4-11H,1-3H3,(H,27,30). The van der Waals surface area contributed by atoms with Crippen LogP contribution in [-0.4, -0.2) is 26.4 Å². The van der Waals surface area contributed by atoms with Crippen molar-refractivity contribution in [2.45, 2.75) is 24.9 Å². The number of carbonyl (C=O) groups excluding carboxylic acids is 1. The van der Waals surface area contributed by atoms with Gasteiger partial charge in [0.1, 0.15) is 0 Å². The number of hydrogen-bond donors (Lipinski definition) is 1. The van der Waals surface area contributed by atoms with Crippen LogP contribution < -0.4 is 5.32 Å². The van der Waals surface area contributed by atoms with Crippen LogP contribution in [0.15, 0.2) is 58.4 Å². The Bertz CT molecular complexity index is 1220. The first-order valence-corrected chi connectivity index (χ1v) is 11.6. The molecule has 2 heterocycles. The van der Waals surface area contributed by atoms with E-state index in [2.05, 4.69) is 15.4 Å². The minimum Gasteiger partial charge on any atom is -0.322 e. The molecule has 1 N–H and O–H groups in total. The fourth-order valence-corrected chi connectivity index (χ4v) is 6.50. The van der Waals surface area contributed by atoms with Crippen LogP contribution in [0.2, 0.25) is 5.02 Å². The molecule has 0 bridgehead atoms. The van der Waals surface area contributed by atoms with E-state index in [0.29, 0.717) is 26.9 Å². The molecule has 31 heavy (non-hydrogen) atoms. The molecule has 1 aliphatic rings.